The van der Waals surface area contributed by atoms with Crippen molar-refractivity contribution in [2.45, 2.75) is 0 Å². The molecule has 4 rings (SSSR count). The first-order chi connectivity index (χ1) is 12.5. The lowest BCUT2D eigenvalue weighted by molar-refractivity contribution is -0.111. The van der Waals surface area contributed by atoms with E-state index in [0.29, 0.717) is 5.56 Å². The maximum atomic E-state index is 12.8. The van der Waals surface area contributed by atoms with Crippen LogP contribution in [0.3, 0.4) is 0 Å². The summed E-state index contributed by atoms with van der Waals surface area (Å²) < 4.78 is 7.41. The summed E-state index contributed by atoms with van der Waals surface area (Å²) in [7, 11) is 0. The fraction of sp³-hybridized carbons (Fsp3) is 0. The van der Waals surface area contributed by atoms with Gasteiger partial charge in [-0.2, -0.15) is 0 Å². The summed E-state index contributed by atoms with van der Waals surface area (Å²) in [5.74, 6) is -1.85. The minimum atomic E-state index is -0.805. The number of benzene rings is 1. The number of nitrogens with zero attached hydrogens (tertiary/aromatic N) is 2. The number of hydrogen-bond donors (Lipinski definition) is 1. The molecular weight excluding hydrogens is 420 g/mol. The third kappa shape index (κ3) is 2.49. The molecular formula is C18H9BrN2O4S. The third-order valence-corrected chi connectivity index (χ3v) is 5.51. The minimum Gasteiger partial charge on any atom is -0.462 e. The van der Waals surface area contributed by atoms with Crippen LogP contribution in [0.2, 0.25) is 0 Å². The first-order valence-corrected chi connectivity index (χ1v) is 8.65. The number of hydrogen-bond acceptors (Lipinski definition) is 6. The van der Waals surface area contributed by atoms with Gasteiger partial charge >= 0.3 is 0 Å². The lowest BCUT2D eigenvalue weighted by Gasteiger charge is -2.11. The van der Waals surface area contributed by atoms with Gasteiger partial charge in [0.05, 0.1) is 26.8 Å². The minimum absolute atomic E-state index is 0.0386. The molecule has 26 heavy (non-hydrogen) atoms. The molecule has 0 amide bonds. The molecule has 0 N–H and O–H groups in total. The fourth-order valence-electron chi connectivity index (χ4n) is 2.69. The molecule has 1 aromatic carbocycles. The highest BCUT2D eigenvalue weighted by molar-refractivity contribution is 9.15. The van der Waals surface area contributed by atoms with Crippen LogP contribution in [-0.2, 0) is 4.79 Å². The lowest BCUT2D eigenvalue weighted by atomic mass is 9.93. The van der Waals surface area contributed by atoms with Crippen molar-refractivity contribution in [3.63, 3.8) is 0 Å². The van der Waals surface area contributed by atoms with E-state index in [0.717, 1.165) is 5.69 Å². The highest BCUT2D eigenvalue weighted by atomic mass is 79.9. The first kappa shape index (κ1) is 16.7. The molecule has 8 heteroatoms. The molecule has 2 aromatic heterocycles. The van der Waals surface area contributed by atoms with Crippen molar-refractivity contribution in [1.82, 2.24) is 9.55 Å². The van der Waals surface area contributed by atoms with Crippen LogP contribution in [0.25, 0.3) is 10.2 Å². The quantitative estimate of drug-likeness (QED) is 0.392. The molecule has 0 saturated carbocycles. The van der Waals surface area contributed by atoms with Gasteiger partial charge in [0.25, 0.3) is 0 Å². The Labute approximate surface area is 161 Å². The van der Waals surface area contributed by atoms with E-state index in [9.17, 15) is 14.4 Å². The van der Waals surface area contributed by atoms with E-state index in [1.165, 1.54) is 6.26 Å². The van der Waals surface area contributed by atoms with Crippen molar-refractivity contribution in [2.75, 3.05) is 0 Å². The molecule has 2 heterocycles. The van der Waals surface area contributed by atoms with Crippen molar-refractivity contribution >= 4 is 50.4 Å². The number of carbonyl (C=O) groups excluding carboxylic acids is 3. The van der Waals surface area contributed by atoms with Crippen LogP contribution < -0.4 is 0 Å². The zero-order valence-corrected chi connectivity index (χ0v) is 15.5. The summed E-state index contributed by atoms with van der Waals surface area (Å²) in [6.07, 6.45) is 6.27. The van der Waals surface area contributed by atoms with E-state index >= 15 is 0 Å². The Morgan fingerprint density at radius 1 is 1.15 bits per heavy atom. The topological polar surface area (TPSA) is 82.2 Å². The summed E-state index contributed by atoms with van der Waals surface area (Å²) in [5, 5.41) is 0. The second-order valence-electron chi connectivity index (χ2n) is 5.52. The Bertz CT molecular complexity index is 1090. The Morgan fingerprint density at radius 2 is 1.88 bits per heavy atom. The van der Waals surface area contributed by atoms with Gasteiger partial charge in [0, 0.05) is 23.6 Å². The van der Waals surface area contributed by atoms with Crippen LogP contribution in [0, 0.1) is 0 Å². The molecule has 0 unspecified atom stereocenters. The highest BCUT2D eigenvalue weighted by Crippen LogP contribution is 2.38. The van der Waals surface area contributed by atoms with E-state index in [1.54, 1.807) is 47.6 Å². The molecule has 0 radical (unpaired) electrons. The second kappa shape index (κ2) is 6.22. The standard InChI is InChI=1S/C18H9BrN2O4S/c19-13-17-12(15(23)16(24)18(13)26)11(7-25-17)14(22)9-1-3-10(4-2-9)21-6-5-20-8-21/h1-8,26H. The number of allylic oxidation sites excluding steroid dienone is 1. The second-order valence-corrected chi connectivity index (χ2v) is 6.76. The Balaban J connectivity index is 1.74. The molecule has 0 aliphatic heterocycles. The van der Waals surface area contributed by atoms with Gasteiger partial charge in [0.15, 0.2) is 11.5 Å². The van der Waals surface area contributed by atoms with E-state index in [2.05, 4.69) is 33.5 Å². The Hall–Kier alpha value is -2.71. The van der Waals surface area contributed by atoms with Gasteiger partial charge in [-0.1, -0.05) is 0 Å². The van der Waals surface area contributed by atoms with Gasteiger partial charge in [0.1, 0.15) is 6.26 Å². The van der Waals surface area contributed by atoms with Crippen molar-refractivity contribution in [3.8, 4) is 5.69 Å². The molecule has 0 spiro atoms. The van der Waals surface area contributed by atoms with Crippen LogP contribution in [0.1, 0.15) is 32.0 Å². The lowest BCUT2D eigenvalue weighted by Crippen LogP contribution is -2.22. The van der Waals surface area contributed by atoms with E-state index in [-0.39, 0.29) is 26.3 Å². The number of aromatic nitrogens is 2. The summed E-state index contributed by atoms with van der Waals surface area (Å²) in [6.45, 7) is 0. The van der Waals surface area contributed by atoms with Crippen LogP contribution >= 0.6 is 28.6 Å². The number of imidazole rings is 1. The monoisotopic (exact) mass is 428 g/mol. The number of ketones is 3. The van der Waals surface area contributed by atoms with Crippen LogP contribution in [0.4, 0.5) is 0 Å². The van der Waals surface area contributed by atoms with E-state index < -0.39 is 17.3 Å². The first-order valence-electron chi connectivity index (χ1n) is 7.41. The number of Topliss-reactive ketones (excluding diaryl/α,β-unsaturated/α-hetero) is 2. The average Bonchev–Trinajstić information content (AvgIpc) is 3.34. The maximum Gasteiger partial charge on any atom is 0.241 e. The summed E-state index contributed by atoms with van der Waals surface area (Å²) >= 11 is 7.20. The van der Waals surface area contributed by atoms with Gasteiger partial charge in [-0.15, -0.1) is 12.6 Å². The summed E-state index contributed by atoms with van der Waals surface area (Å²) in [5.41, 5.74) is 1.22. The average molecular weight is 429 g/mol. The smallest absolute Gasteiger partial charge is 0.241 e. The summed E-state index contributed by atoms with van der Waals surface area (Å²) in [6, 6.07) is 6.80. The largest absolute Gasteiger partial charge is 0.462 e. The number of rotatable bonds is 3. The number of furan rings is 1. The van der Waals surface area contributed by atoms with Gasteiger partial charge < -0.3 is 8.98 Å². The van der Waals surface area contributed by atoms with E-state index in [1.807, 2.05) is 0 Å². The van der Waals surface area contributed by atoms with Crippen molar-refractivity contribution < 1.29 is 18.8 Å². The third-order valence-electron chi connectivity index (χ3n) is 4.02. The SMILES string of the molecule is O=C1C(=O)c2c(C(=O)c3ccc(-n4ccnc4)cc3)coc2C(Br)=C1S. The van der Waals surface area contributed by atoms with Crippen LogP contribution in [0.15, 0.2) is 58.6 Å². The molecule has 128 valence electrons. The van der Waals surface area contributed by atoms with Crippen molar-refractivity contribution in [3.05, 3.63) is 76.6 Å². The molecule has 6 nitrogen and oxygen atoms in total. The Morgan fingerprint density at radius 3 is 2.54 bits per heavy atom. The van der Waals surface area contributed by atoms with Gasteiger partial charge in [-0.05, 0) is 40.2 Å². The highest BCUT2D eigenvalue weighted by Gasteiger charge is 2.37. The zero-order chi connectivity index (χ0) is 18.4. The van der Waals surface area contributed by atoms with Crippen LogP contribution in [0.5, 0.6) is 0 Å². The van der Waals surface area contributed by atoms with Gasteiger partial charge in [-0.25, -0.2) is 4.98 Å². The zero-order valence-electron chi connectivity index (χ0n) is 13.0. The fourth-order valence-corrected chi connectivity index (χ4v) is 3.37. The maximum absolute atomic E-state index is 12.8. The number of carbonyl (C=O) groups is 3. The van der Waals surface area contributed by atoms with Crippen molar-refractivity contribution in [1.29, 1.82) is 0 Å². The molecule has 1 aliphatic rings. The predicted molar refractivity (Wildman–Crippen MR) is 99.9 cm³/mol. The number of halogens is 1. The molecule has 0 fully saturated rings. The van der Waals surface area contributed by atoms with Gasteiger partial charge in [-0.3, -0.25) is 14.4 Å². The number of fused-ring (bicyclic) bond motifs is 1. The van der Waals surface area contributed by atoms with Crippen molar-refractivity contribution in [2.24, 2.45) is 0 Å². The molecule has 3 aromatic rings. The molecule has 0 saturated heterocycles. The van der Waals surface area contributed by atoms with Crippen LogP contribution in [-0.4, -0.2) is 26.9 Å². The molecule has 0 bridgehead atoms. The van der Waals surface area contributed by atoms with Gasteiger partial charge in [0.2, 0.25) is 11.6 Å². The molecule has 1 aliphatic carbocycles. The molecule has 0 atom stereocenters. The number of thiol groups is 1. The summed E-state index contributed by atoms with van der Waals surface area (Å²) in [4.78, 5) is 41.1. The Kier molecular flexibility index (Phi) is 4.01. The predicted octanol–water partition coefficient (Wildman–Crippen LogP) is 3.46. The van der Waals surface area contributed by atoms with E-state index in [4.69, 9.17) is 4.42 Å². The normalized spacial score (nSPS) is 13.9.